The van der Waals surface area contributed by atoms with Gasteiger partial charge in [-0.25, -0.2) is 13.4 Å². The number of para-hydroxylation sites is 1. The molecule has 0 fully saturated rings. The molecule has 45 heavy (non-hydrogen) atoms. The summed E-state index contributed by atoms with van der Waals surface area (Å²) in [5.41, 5.74) is 1.72. The highest BCUT2D eigenvalue weighted by atomic mass is 32.2. The first-order valence-corrected chi connectivity index (χ1v) is 15.4. The second-order valence-corrected chi connectivity index (χ2v) is 11.9. The zero-order valence-electron chi connectivity index (χ0n) is 24.3. The smallest absolute Gasteiger partial charge is 0.223 e. The molecule has 1 heterocycles. The maximum absolute atomic E-state index is 13.1. The van der Waals surface area contributed by atoms with E-state index in [4.69, 9.17) is 18.9 Å². The highest BCUT2D eigenvalue weighted by Gasteiger charge is 2.18. The van der Waals surface area contributed by atoms with Crippen molar-refractivity contribution in [3.8, 4) is 34.6 Å². The molecular weight excluding hydrogens is 590 g/mol. The minimum Gasteiger partial charge on any atom is -0.497 e. The van der Waals surface area contributed by atoms with Crippen LogP contribution in [0.15, 0.2) is 137 Å². The number of hydrogen-bond acceptors (Lipinski definition) is 8. The van der Waals surface area contributed by atoms with E-state index < -0.39 is 9.84 Å². The number of fused-ring (bicyclic) bond motifs is 1. The van der Waals surface area contributed by atoms with Crippen molar-refractivity contribution in [3.63, 3.8) is 0 Å². The summed E-state index contributed by atoms with van der Waals surface area (Å²) in [7, 11) is -0.625. The minimum atomic E-state index is -3.72. The lowest BCUT2D eigenvalue weighted by Gasteiger charge is -2.12. The third kappa shape index (κ3) is 6.34. The Labute approximate surface area is 260 Å². The van der Waals surface area contributed by atoms with Crippen LogP contribution in [0.3, 0.4) is 0 Å². The first-order chi connectivity index (χ1) is 21.8. The third-order valence-corrected chi connectivity index (χ3v) is 8.86. The van der Waals surface area contributed by atoms with Crippen molar-refractivity contribution in [2.45, 2.75) is 9.79 Å². The van der Waals surface area contributed by atoms with Crippen molar-refractivity contribution in [1.82, 2.24) is 4.98 Å². The Balaban J connectivity index is 1.21. The van der Waals surface area contributed by atoms with E-state index in [0.29, 0.717) is 45.4 Å². The van der Waals surface area contributed by atoms with Gasteiger partial charge in [-0.15, -0.1) is 0 Å². The molecule has 0 unspecified atom stereocenters. The van der Waals surface area contributed by atoms with Gasteiger partial charge in [0.05, 0.1) is 29.5 Å². The average Bonchev–Trinajstić information content (AvgIpc) is 3.08. The number of ether oxygens (including phenoxy) is 4. The van der Waals surface area contributed by atoms with E-state index >= 15 is 0 Å². The van der Waals surface area contributed by atoms with Gasteiger partial charge in [-0.3, -0.25) is 4.79 Å². The molecule has 8 nitrogen and oxygen atoms in total. The number of hydrogen-bond donors (Lipinski definition) is 0. The van der Waals surface area contributed by atoms with Gasteiger partial charge in [0.1, 0.15) is 28.7 Å². The lowest BCUT2D eigenvalue weighted by atomic mass is 10.0. The minimum absolute atomic E-state index is 0.114. The number of benzene rings is 5. The van der Waals surface area contributed by atoms with E-state index in [9.17, 15) is 13.2 Å². The van der Waals surface area contributed by atoms with Crippen molar-refractivity contribution in [3.05, 3.63) is 139 Å². The van der Waals surface area contributed by atoms with Gasteiger partial charge in [-0.05, 0) is 109 Å². The first-order valence-electron chi connectivity index (χ1n) is 13.9. The number of pyridine rings is 1. The molecule has 0 saturated heterocycles. The van der Waals surface area contributed by atoms with Crippen molar-refractivity contribution in [1.29, 1.82) is 0 Å². The van der Waals surface area contributed by atoms with Crippen molar-refractivity contribution < 1.29 is 32.2 Å². The summed E-state index contributed by atoms with van der Waals surface area (Å²) in [6.45, 7) is 0. The van der Waals surface area contributed by atoms with E-state index in [2.05, 4.69) is 4.98 Å². The molecule has 6 rings (SSSR count). The molecule has 5 aromatic carbocycles. The van der Waals surface area contributed by atoms with Crippen LogP contribution in [0, 0.1) is 0 Å². The first kappa shape index (κ1) is 29.4. The van der Waals surface area contributed by atoms with Crippen LogP contribution >= 0.6 is 0 Å². The van der Waals surface area contributed by atoms with Crippen molar-refractivity contribution in [2.24, 2.45) is 0 Å². The quantitative estimate of drug-likeness (QED) is 0.143. The van der Waals surface area contributed by atoms with Crippen LogP contribution in [0.1, 0.15) is 15.9 Å². The van der Waals surface area contributed by atoms with Crippen LogP contribution in [-0.2, 0) is 9.84 Å². The molecule has 224 valence electrons. The highest BCUT2D eigenvalue weighted by molar-refractivity contribution is 7.91. The van der Waals surface area contributed by atoms with Crippen molar-refractivity contribution >= 4 is 26.5 Å². The fourth-order valence-corrected chi connectivity index (χ4v) is 5.93. The van der Waals surface area contributed by atoms with Gasteiger partial charge in [0, 0.05) is 22.6 Å². The summed E-state index contributed by atoms with van der Waals surface area (Å²) in [6.07, 6.45) is 0. The second-order valence-electron chi connectivity index (χ2n) is 9.91. The molecule has 0 bridgehead atoms. The lowest BCUT2D eigenvalue weighted by molar-refractivity contribution is 0.103. The van der Waals surface area contributed by atoms with Gasteiger partial charge in [0.25, 0.3) is 0 Å². The highest BCUT2D eigenvalue weighted by Crippen LogP contribution is 2.35. The molecule has 0 N–H and O–H groups in total. The molecule has 0 radical (unpaired) electrons. The van der Waals surface area contributed by atoms with Crippen LogP contribution < -0.4 is 18.9 Å². The summed E-state index contributed by atoms with van der Waals surface area (Å²) >= 11 is 0. The van der Waals surface area contributed by atoms with Crippen molar-refractivity contribution in [2.75, 3.05) is 14.2 Å². The molecule has 0 atom stereocenters. The summed E-state index contributed by atoms with van der Waals surface area (Å²) in [4.78, 5) is 17.8. The van der Waals surface area contributed by atoms with Crippen LogP contribution in [0.25, 0.3) is 10.9 Å². The van der Waals surface area contributed by atoms with Gasteiger partial charge < -0.3 is 18.9 Å². The Bertz CT molecular complexity index is 2070. The summed E-state index contributed by atoms with van der Waals surface area (Å²) in [5.74, 6) is 2.83. The Morgan fingerprint density at radius 1 is 0.578 bits per heavy atom. The maximum Gasteiger partial charge on any atom is 0.223 e. The zero-order chi connectivity index (χ0) is 31.4. The largest absolute Gasteiger partial charge is 0.497 e. The number of ketones is 1. The monoisotopic (exact) mass is 617 g/mol. The van der Waals surface area contributed by atoms with Gasteiger partial charge >= 0.3 is 0 Å². The van der Waals surface area contributed by atoms with E-state index in [0.717, 1.165) is 5.39 Å². The number of carbonyl (C=O) groups is 1. The number of methoxy groups -OCH3 is 2. The standard InChI is InChI=1S/C36H27NO7S/c1-41-26-11-7-24(8-12-26)36(38)25-9-13-28(14-10-25)43-34-23-35(37-33-6-4-3-5-32(33)34)44-29-17-21-31(22-18-29)45(39,40)30-19-15-27(42-2)16-20-30/h3-23H,1-2H3. The fourth-order valence-electron chi connectivity index (χ4n) is 4.67. The van der Waals surface area contributed by atoms with Gasteiger partial charge in [0.15, 0.2) is 5.78 Å². The average molecular weight is 618 g/mol. The molecule has 9 heteroatoms. The van der Waals surface area contributed by atoms with E-state index in [-0.39, 0.29) is 21.5 Å². The number of rotatable bonds is 10. The number of nitrogens with zero attached hydrogens (tertiary/aromatic N) is 1. The predicted molar refractivity (Wildman–Crippen MR) is 170 cm³/mol. The van der Waals surface area contributed by atoms with Crippen LogP contribution in [0.5, 0.6) is 34.6 Å². The van der Waals surface area contributed by atoms with E-state index in [1.54, 1.807) is 86.0 Å². The number of sulfone groups is 1. The summed E-state index contributed by atoms with van der Waals surface area (Å²) in [6, 6.07) is 35.3. The SMILES string of the molecule is COc1ccc(C(=O)c2ccc(Oc3cc(Oc4ccc(S(=O)(=O)c5ccc(OC)cc5)cc4)nc4ccccc34)cc2)cc1. The summed E-state index contributed by atoms with van der Waals surface area (Å²) < 4.78 is 48.7. The molecule has 1 aromatic heterocycles. The lowest BCUT2D eigenvalue weighted by Crippen LogP contribution is -2.02. The van der Waals surface area contributed by atoms with E-state index in [1.807, 2.05) is 24.3 Å². The Morgan fingerprint density at radius 3 is 1.60 bits per heavy atom. The summed E-state index contributed by atoms with van der Waals surface area (Å²) in [5, 5.41) is 0.768. The second kappa shape index (κ2) is 12.5. The zero-order valence-corrected chi connectivity index (χ0v) is 25.2. The molecule has 0 aliphatic rings. The van der Waals surface area contributed by atoms with Crippen LogP contribution in [0.2, 0.25) is 0 Å². The molecule has 0 amide bonds. The molecule has 0 saturated carbocycles. The fraction of sp³-hybridized carbons (Fsp3) is 0.0556. The normalized spacial score (nSPS) is 11.2. The molecule has 0 aliphatic heterocycles. The van der Waals surface area contributed by atoms with Gasteiger partial charge in [-0.1, -0.05) is 12.1 Å². The van der Waals surface area contributed by atoms with Gasteiger partial charge in [0.2, 0.25) is 15.7 Å². The Hall–Kier alpha value is -5.67. The van der Waals surface area contributed by atoms with Crippen LogP contribution in [0.4, 0.5) is 0 Å². The number of aromatic nitrogens is 1. The molecule has 6 aromatic rings. The predicted octanol–water partition coefficient (Wildman–Crippen LogP) is 7.90. The number of carbonyl (C=O) groups excluding carboxylic acids is 1. The third-order valence-electron chi connectivity index (χ3n) is 7.08. The molecular formula is C36H27NO7S. The molecule has 0 spiro atoms. The maximum atomic E-state index is 13.1. The van der Waals surface area contributed by atoms with Gasteiger partial charge in [-0.2, -0.15) is 0 Å². The Kier molecular flexibility index (Phi) is 8.18. The van der Waals surface area contributed by atoms with Crippen LogP contribution in [-0.4, -0.2) is 33.4 Å². The Morgan fingerprint density at radius 2 is 1.04 bits per heavy atom. The topological polar surface area (TPSA) is 101 Å². The van der Waals surface area contributed by atoms with E-state index in [1.165, 1.54) is 31.4 Å². The molecule has 0 aliphatic carbocycles.